The van der Waals surface area contributed by atoms with Crippen LogP contribution in [0, 0.1) is 6.92 Å². The number of rotatable bonds is 4. The average molecular weight is 385 g/mol. The van der Waals surface area contributed by atoms with Gasteiger partial charge in [0.05, 0.1) is 30.7 Å². The molecule has 0 saturated carbocycles. The van der Waals surface area contributed by atoms with Gasteiger partial charge in [0.25, 0.3) is 0 Å². The average Bonchev–Trinajstić information content (AvgIpc) is 3.00. The maximum atomic E-state index is 12.2. The van der Waals surface area contributed by atoms with Gasteiger partial charge in [0.15, 0.2) is 9.84 Å². The van der Waals surface area contributed by atoms with Crippen LogP contribution in [0.15, 0.2) is 30.7 Å². The molecule has 0 N–H and O–H groups in total. The first-order valence-corrected chi connectivity index (χ1v) is 10.9. The van der Waals surface area contributed by atoms with Gasteiger partial charge in [0, 0.05) is 42.1 Å². The molecule has 0 radical (unpaired) electrons. The zero-order valence-corrected chi connectivity index (χ0v) is 16.6. The molecule has 1 aromatic carbocycles. The Labute approximate surface area is 159 Å². The number of sulfone groups is 1. The summed E-state index contributed by atoms with van der Waals surface area (Å²) in [6.45, 7) is 4.64. The molecule has 142 valence electrons. The van der Waals surface area contributed by atoms with Crippen LogP contribution in [-0.4, -0.2) is 41.3 Å². The van der Waals surface area contributed by atoms with Gasteiger partial charge in [0.2, 0.25) is 0 Å². The molecule has 3 heterocycles. The van der Waals surface area contributed by atoms with Crippen molar-refractivity contribution >= 4 is 20.7 Å². The summed E-state index contributed by atoms with van der Waals surface area (Å²) in [7, 11) is -1.17. The van der Waals surface area contributed by atoms with Crippen molar-refractivity contribution < 1.29 is 13.2 Å². The van der Waals surface area contributed by atoms with Crippen LogP contribution in [0.5, 0.6) is 0 Å². The fraction of sp³-hybridized carbons (Fsp3) is 0.400. The van der Waals surface area contributed by atoms with E-state index in [1.54, 1.807) is 13.1 Å². The summed E-state index contributed by atoms with van der Waals surface area (Å²) in [5.74, 6) is 0.0655. The quantitative estimate of drug-likeness (QED) is 0.690. The highest BCUT2D eigenvalue weighted by Gasteiger charge is 2.28. The van der Waals surface area contributed by atoms with Crippen LogP contribution < -0.4 is 0 Å². The minimum atomic E-state index is -3.09. The highest BCUT2D eigenvalue weighted by molar-refractivity contribution is 7.91. The van der Waals surface area contributed by atoms with E-state index < -0.39 is 9.84 Å². The molecule has 0 spiro atoms. The van der Waals surface area contributed by atoms with Crippen molar-refractivity contribution in [3.05, 3.63) is 47.4 Å². The van der Waals surface area contributed by atoms with Crippen LogP contribution in [0.2, 0.25) is 0 Å². The number of hydrogen-bond donors (Lipinski definition) is 0. The Morgan fingerprint density at radius 1 is 1.22 bits per heavy atom. The molecule has 1 unspecified atom stereocenters. The fourth-order valence-corrected chi connectivity index (χ4v) is 4.93. The molecular formula is C20H23N3O3S. The molecule has 27 heavy (non-hydrogen) atoms. The third-order valence-corrected chi connectivity index (χ3v) is 7.16. The number of ether oxygens (including phenoxy) is 1. The largest absolute Gasteiger partial charge is 0.376 e. The van der Waals surface area contributed by atoms with Crippen LogP contribution in [0.3, 0.4) is 0 Å². The lowest BCUT2D eigenvalue weighted by molar-refractivity contribution is 0.0958. The van der Waals surface area contributed by atoms with Gasteiger partial charge in [-0.1, -0.05) is 6.92 Å². The van der Waals surface area contributed by atoms with Gasteiger partial charge >= 0.3 is 0 Å². The number of hydrogen-bond acceptors (Lipinski definition) is 5. The lowest BCUT2D eigenvalue weighted by Gasteiger charge is -2.27. The Morgan fingerprint density at radius 2 is 2.04 bits per heavy atom. The standard InChI is InChI=1S/C20H23N3O3S/c1-4-27(24,25)12-15-10-26-11-19-17(15)8-21-9-18(19)16-6-20-14(5-13(16)2)7-22-23(20)3/h5-9,15H,4,10-12H2,1-3H3. The van der Waals surface area contributed by atoms with Crippen molar-refractivity contribution in [2.45, 2.75) is 26.4 Å². The summed E-state index contributed by atoms with van der Waals surface area (Å²) in [4.78, 5) is 4.44. The number of benzene rings is 1. The second-order valence-electron chi connectivity index (χ2n) is 7.16. The monoisotopic (exact) mass is 385 g/mol. The predicted octanol–water partition coefficient (Wildman–Crippen LogP) is 2.99. The summed E-state index contributed by atoms with van der Waals surface area (Å²) in [5, 5.41) is 5.43. The van der Waals surface area contributed by atoms with Crippen LogP contribution >= 0.6 is 0 Å². The molecule has 2 aromatic heterocycles. The van der Waals surface area contributed by atoms with Crippen molar-refractivity contribution in [1.29, 1.82) is 0 Å². The lowest BCUT2D eigenvalue weighted by atomic mass is 9.89. The second-order valence-corrected chi connectivity index (χ2v) is 9.56. The lowest BCUT2D eigenvalue weighted by Crippen LogP contribution is -2.25. The SMILES string of the molecule is CCS(=O)(=O)CC1COCc2c(-c3cc4c(cnn4C)cc3C)cncc21. The summed E-state index contributed by atoms with van der Waals surface area (Å²) >= 11 is 0. The number of aryl methyl sites for hydroxylation is 2. The Bertz CT molecular complexity index is 1120. The van der Waals surface area contributed by atoms with E-state index in [0.29, 0.717) is 13.2 Å². The highest BCUT2D eigenvalue weighted by Crippen LogP contribution is 2.36. The van der Waals surface area contributed by atoms with Gasteiger partial charge in [-0.2, -0.15) is 5.10 Å². The van der Waals surface area contributed by atoms with Gasteiger partial charge in [-0.05, 0) is 41.3 Å². The van der Waals surface area contributed by atoms with E-state index in [0.717, 1.165) is 38.7 Å². The van der Waals surface area contributed by atoms with Crippen LogP contribution in [-0.2, 0) is 28.2 Å². The summed E-state index contributed by atoms with van der Waals surface area (Å²) < 4.78 is 32.0. The maximum Gasteiger partial charge on any atom is 0.150 e. The third-order valence-electron chi connectivity index (χ3n) is 5.37. The van der Waals surface area contributed by atoms with E-state index in [1.165, 1.54) is 0 Å². The molecule has 0 fully saturated rings. The summed E-state index contributed by atoms with van der Waals surface area (Å²) in [5.41, 5.74) is 6.30. The van der Waals surface area contributed by atoms with Gasteiger partial charge in [0.1, 0.15) is 0 Å². The zero-order chi connectivity index (χ0) is 19.2. The Hall–Kier alpha value is -2.25. The van der Waals surface area contributed by atoms with Crippen molar-refractivity contribution in [3.8, 4) is 11.1 Å². The molecule has 0 saturated heterocycles. The van der Waals surface area contributed by atoms with E-state index >= 15 is 0 Å². The number of pyridine rings is 1. The van der Waals surface area contributed by atoms with Gasteiger partial charge < -0.3 is 4.74 Å². The molecule has 0 bridgehead atoms. The molecule has 0 amide bonds. The number of nitrogens with zero attached hydrogens (tertiary/aromatic N) is 3. The first-order valence-electron chi connectivity index (χ1n) is 9.07. The first-order chi connectivity index (χ1) is 12.9. The normalized spacial score (nSPS) is 17.2. The molecule has 0 aliphatic carbocycles. The van der Waals surface area contributed by atoms with Crippen molar-refractivity contribution in [2.24, 2.45) is 7.05 Å². The zero-order valence-electron chi connectivity index (χ0n) is 15.8. The van der Waals surface area contributed by atoms with E-state index in [-0.39, 0.29) is 17.4 Å². The van der Waals surface area contributed by atoms with Crippen molar-refractivity contribution in [2.75, 3.05) is 18.1 Å². The predicted molar refractivity (Wildman–Crippen MR) is 105 cm³/mol. The third kappa shape index (κ3) is 3.26. The number of aromatic nitrogens is 3. The van der Waals surface area contributed by atoms with E-state index in [9.17, 15) is 8.42 Å². The molecule has 7 heteroatoms. The van der Waals surface area contributed by atoms with Crippen LogP contribution in [0.4, 0.5) is 0 Å². The molecule has 1 aliphatic heterocycles. The topological polar surface area (TPSA) is 74.1 Å². The minimum absolute atomic E-state index is 0.0986. The van der Waals surface area contributed by atoms with Gasteiger partial charge in [-0.3, -0.25) is 9.67 Å². The van der Waals surface area contributed by atoms with E-state index in [2.05, 4.69) is 29.1 Å². The Kier molecular flexibility index (Phi) is 4.52. The molecule has 4 rings (SSSR count). The first kappa shape index (κ1) is 18.1. The fourth-order valence-electron chi connectivity index (χ4n) is 3.81. The van der Waals surface area contributed by atoms with E-state index in [1.807, 2.05) is 24.1 Å². The van der Waals surface area contributed by atoms with Crippen molar-refractivity contribution in [1.82, 2.24) is 14.8 Å². The Morgan fingerprint density at radius 3 is 2.81 bits per heavy atom. The smallest absolute Gasteiger partial charge is 0.150 e. The molecule has 1 atom stereocenters. The molecule has 6 nitrogen and oxygen atoms in total. The Balaban J connectivity index is 1.84. The maximum absolute atomic E-state index is 12.2. The molecule has 3 aromatic rings. The van der Waals surface area contributed by atoms with Crippen LogP contribution in [0.25, 0.3) is 22.0 Å². The summed E-state index contributed by atoms with van der Waals surface area (Å²) in [6.07, 6.45) is 5.51. The second kappa shape index (κ2) is 6.73. The summed E-state index contributed by atoms with van der Waals surface area (Å²) in [6, 6.07) is 4.25. The molecule has 1 aliphatic rings. The highest BCUT2D eigenvalue weighted by atomic mass is 32.2. The minimum Gasteiger partial charge on any atom is -0.376 e. The van der Waals surface area contributed by atoms with Gasteiger partial charge in [-0.15, -0.1) is 0 Å². The van der Waals surface area contributed by atoms with Crippen LogP contribution in [0.1, 0.15) is 29.5 Å². The van der Waals surface area contributed by atoms with Gasteiger partial charge in [-0.25, -0.2) is 8.42 Å². The van der Waals surface area contributed by atoms with Crippen molar-refractivity contribution in [3.63, 3.8) is 0 Å². The van der Waals surface area contributed by atoms with E-state index in [4.69, 9.17) is 4.74 Å². The number of fused-ring (bicyclic) bond motifs is 2. The molecular weight excluding hydrogens is 362 g/mol.